The van der Waals surface area contributed by atoms with Crippen molar-refractivity contribution in [2.24, 2.45) is 0 Å². The molecule has 3 aromatic carbocycles. The molecule has 2 aromatic heterocycles. The molecule has 7 heteroatoms. The number of para-hydroxylation sites is 1. The predicted molar refractivity (Wildman–Crippen MR) is 144 cm³/mol. The molecule has 190 valence electrons. The highest BCUT2D eigenvalue weighted by Gasteiger charge is 2.21. The third-order valence-corrected chi connectivity index (χ3v) is 6.60. The number of ether oxygens (including phenoxy) is 3. The summed E-state index contributed by atoms with van der Waals surface area (Å²) in [6.45, 7) is 2.91. The Morgan fingerprint density at radius 3 is 2.68 bits per heavy atom. The van der Waals surface area contributed by atoms with Crippen molar-refractivity contribution >= 4 is 27.8 Å². The van der Waals surface area contributed by atoms with E-state index in [2.05, 4.69) is 16.4 Å². The number of carbonyl (C=O) groups is 1. The number of furan rings is 1. The SMILES string of the molecule is CCOc1ccc(C(CNC(=O)Cc2coc3cc(OC)ccc23)c2c[nH]c3ccccc23)cc1OC. The zero-order valence-electron chi connectivity index (χ0n) is 21.2. The first kappa shape index (κ1) is 24.3. The minimum absolute atomic E-state index is 0.0822. The van der Waals surface area contributed by atoms with Crippen LogP contribution >= 0.6 is 0 Å². The number of rotatable bonds is 10. The molecule has 1 atom stereocenters. The average molecular weight is 499 g/mol. The van der Waals surface area contributed by atoms with Gasteiger partial charge in [0.05, 0.1) is 33.5 Å². The second-order valence-electron chi connectivity index (χ2n) is 8.79. The summed E-state index contributed by atoms with van der Waals surface area (Å²) in [4.78, 5) is 16.4. The van der Waals surface area contributed by atoms with E-state index in [1.165, 1.54) is 0 Å². The quantitative estimate of drug-likeness (QED) is 0.253. The smallest absolute Gasteiger partial charge is 0.224 e. The first-order valence-electron chi connectivity index (χ1n) is 12.3. The summed E-state index contributed by atoms with van der Waals surface area (Å²) >= 11 is 0. The molecule has 37 heavy (non-hydrogen) atoms. The van der Waals surface area contributed by atoms with Crippen LogP contribution in [0.25, 0.3) is 21.9 Å². The van der Waals surface area contributed by atoms with Crippen molar-refractivity contribution in [3.05, 3.63) is 89.8 Å². The van der Waals surface area contributed by atoms with Crippen LogP contribution in [0.5, 0.6) is 17.2 Å². The number of benzene rings is 3. The molecule has 0 aliphatic carbocycles. The molecular weight excluding hydrogens is 468 g/mol. The van der Waals surface area contributed by atoms with Crippen LogP contribution in [0.3, 0.4) is 0 Å². The van der Waals surface area contributed by atoms with Crippen molar-refractivity contribution in [3.63, 3.8) is 0 Å². The number of methoxy groups -OCH3 is 2. The summed E-state index contributed by atoms with van der Waals surface area (Å²) in [5, 5.41) is 5.16. The lowest BCUT2D eigenvalue weighted by atomic mass is 9.90. The predicted octanol–water partition coefficient (Wildman–Crippen LogP) is 5.82. The summed E-state index contributed by atoms with van der Waals surface area (Å²) in [6.07, 6.45) is 3.87. The molecule has 0 saturated heterocycles. The van der Waals surface area contributed by atoms with Gasteiger partial charge in [-0.25, -0.2) is 0 Å². The van der Waals surface area contributed by atoms with Gasteiger partial charge < -0.3 is 28.9 Å². The van der Waals surface area contributed by atoms with Gasteiger partial charge in [0.1, 0.15) is 11.3 Å². The van der Waals surface area contributed by atoms with Gasteiger partial charge in [-0.3, -0.25) is 4.79 Å². The topological polar surface area (TPSA) is 85.7 Å². The number of aromatic amines is 1. The normalized spacial score (nSPS) is 12.0. The first-order chi connectivity index (χ1) is 18.1. The summed E-state index contributed by atoms with van der Waals surface area (Å²) in [5.74, 6) is 1.89. The van der Waals surface area contributed by atoms with Gasteiger partial charge in [0.15, 0.2) is 11.5 Å². The second kappa shape index (κ2) is 10.7. The van der Waals surface area contributed by atoms with Gasteiger partial charge >= 0.3 is 0 Å². The maximum absolute atomic E-state index is 13.1. The van der Waals surface area contributed by atoms with Gasteiger partial charge in [0.25, 0.3) is 0 Å². The molecular formula is C30H30N2O5. The van der Waals surface area contributed by atoms with Crippen molar-refractivity contribution in [2.75, 3.05) is 27.4 Å². The van der Waals surface area contributed by atoms with Crippen molar-refractivity contribution in [3.8, 4) is 17.2 Å². The maximum atomic E-state index is 13.1. The van der Waals surface area contributed by atoms with E-state index >= 15 is 0 Å². The molecule has 0 spiro atoms. The Morgan fingerprint density at radius 1 is 1.00 bits per heavy atom. The van der Waals surface area contributed by atoms with Crippen LogP contribution in [0.1, 0.15) is 29.5 Å². The molecule has 7 nitrogen and oxygen atoms in total. The number of aromatic nitrogens is 1. The van der Waals surface area contributed by atoms with E-state index in [4.69, 9.17) is 18.6 Å². The first-order valence-corrected chi connectivity index (χ1v) is 12.3. The zero-order chi connectivity index (χ0) is 25.8. The summed E-state index contributed by atoms with van der Waals surface area (Å²) < 4.78 is 22.2. The number of H-pyrrole nitrogens is 1. The van der Waals surface area contributed by atoms with Gasteiger partial charge in [-0.15, -0.1) is 0 Å². The van der Waals surface area contributed by atoms with E-state index in [0.29, 0.717) is 36.0 Å². The monoisotopic (exact) mass is 498 g/mol. The molecule has 0 bridgehead atoms. The highest BCUT2D eigenvalue weighted by Crippen LogP contribution is 2.36. The van der Waals surface area contributed by atoms with E-state index in [-0.39, 0.29) is 18.2 Å². The van der Waals surface area contributed by atoms with Crippen molar-refractivity contribution < 1.29 is 23.4 Å². The summed E-state index contributed by atoms with van der Waals surface area (Å²) in [5.41, 5.74) is 4.70. The van der Waals surface area contributed by atoms with Crippen LogP contribution in [-0.4, -0.2) is 38.3 Å². The molecule has 1 unspecified atom stereocenters. The lowest BCUT2D eigenvalue weighted by molar-refractivity contribution is -0.120. The molecule has 0 aliphatic rings. The van der Waals surface area contributed by atoms with E-state index < -0.39 is 0 Å². The number of hydrogen-bond donors (Lipinski definition) is 2. The summed E-state index contributed by atoms with van der Waals surface area (Å²) in [6, 6.07) is 19.7. The molecule has 2 heterocycles. The van der Waals surface area contributed by atoms with Gasteiger partial charge in [-0.2, -0.15) is 0 Å². The number of hydrogen-bond acceptors (Lipinski definition) is 5. The third-order valence-electron chi connectivity index (χ3n) is 6.60. The minimum Gasteiger partial charge on any atom is -0.497 e. The van der Waals surface area contributed by atoms with Crippen LogP contribution in [0.2, 0.25) is 0 Å². The van der Waals surface area contributed by atoms with Crippen LogP contribution in [0, 0.1) is 0 Å². The standard InChI is InChI=1S/C30H30N2O5/c1-4-36-27-12-9-19(13-29(27)35-3)24(25-17-31-26-8-6-5-7-23(25)26)16-32-30(33)14-20-18-37-28-15-21(34-2)10-11-22(20)28/h5-13,15,17-18,24,31H,4,14,16H2,1-3H3,(H,32,33). The highest BCUT2D eigenvalue weighted by molar-refractivity contribution is 5.88. The van der Waals surface area contributed by atoms with Crippen LogP contribution < -0.4 is 19.5 Å². The van der Waals surface area contributed by atoms with Crippen LogP contribution in [0.4, 0.5) is 0 Å². The minimum atomic E-state index is -0.102. The molecule has 0 radical (unpaired) electrons. The number of fused-ring (bicyclic) bond motifs is 2. The fourth-order valence-electron chi connectivity index (χ4n) is 4.74. The zero-order valence-corrected chi connectivity index (χ0v) is 21.2. The lowest BCUT2D eigenvalue weighted by Crippen LogP contribution is -2.30. The second-order valence-corrected chi connectivity index (χ2v) is 8.79. The van der Waals surface area contributed by atoms with Crippen molar-refractivity contribution in [1.29, 1.82) is 0 Å². The fraction of sp³-hybridized carbons (Fsp3) is 0.233. The molecule has 2 N–H and O–H groups in total. The molecule has 0 fully saturated rings. The highest BCUT2D eigenvalue weighted by atomic mass is 16.5. The van der Waals surface area contributed by atoms with E-state index in [1.54, 1.807) is 20.5 Å². The molecule has 0 aliphatic heterocycles. The Bertz CT molecular complexity index is 1530. The Labute approximate surface area is 215 Å². The van der Waals surface area contributed by atoms with E-state index in [1.807, 2.05) is 67.7 Å². The Balaban J connectivity index is 1.41. The maximum Gasteiger partial charge on any atom is 0.224 e. The average Bonchev–Trinajstić information content (AvgIpc) is 3.53. The van der Waals surface area contributed by atoms with Gasteiger partial charge in [0.2, 0.25) is 5.91 Å². The number of nitrogens with one attached hydrogen (secondary N) is 2. The van der Waals surface area contributed by atoms with Gasteiger partial charge in [0, 0.05) is 46.6 Å². The molecule has 1 amide bonds. The Morgan fingerprint density at radius 2 is 1.86 bits per heavy atom. The molecule has 5 rings (SSSR count). The number of carbonyl (C=O) groups excluding carboxylic acids is 1. The van der Waals surface area contributed by atoms with Crippen molar-refractivity contribution in [2.45, 2.75) is 19.3 Å². The molecule has 0 saturated carbocycles. The largest absolute Gasteiger partial charge is 0.497 e. The molecule has 5 aromatic rings. The fourth-order valence-corrected chi connectivity index (χ4v) is 4.74. The Hall–Kier alpha value is -4.39. The summed E-state index contributed by atoms with van der Waals surface area (Å²) in [7, 11) is 3.25. The van der Waals surface area contributed by atoms with E-state index in [0.717, 1.165) is 33.0 Å². The van der Waals surface area contributed by atoms with Gasteiger partial charge in [-0.05, 0) is 48.4 Å². The lowest BCUT2D eigenvalue weighted by Gasteiger charge is -2.20. The van der Waals surface area contributed by atoms with E-state index in [9.17, 15) is 4.79 Å². The third kappa shape index (κ3) is 4.98. The van der Waals surface area contributed by atoms with Crippen molar-refractivity contribution in [1.82, 2.24) is 10.3 Å². The van der Waals surface area contributed by atoms with Crippen LogP contribution in [0.15, 0.2) is 77.5 Å². The number of amides is 1. The van der Waals surface area contributed by atoms with Crippen LogP contribution in [-0.2, 0) is 11.2 Å². The van der Waals surface area contributed by atoms with Gasteiger partial charge in [-0.1, -0.05) is 24.3 Å². The Kier molecular flexibility index (Phi) is 7.03.